The highest BCUT2D eigenvalue weighted by atomic mass is 16.3. The van der Waals surface area contributed by atoms with Gasteiger partial charge < -0.3 is 10.4 Å². The number of carbonyl (C=O) groups is 3. The predicted octanol–water partition coefficient (Wildman–Crippen LogP) is 0.817. The molecule has 1 aromatic rings. The van der Waals surface area contributed by atoms with Crippen molar-refractivity contribution in [1.29, 1.82) is 0 Å². The molecule has 1 aliphatic heterocycles. The van der Waals surface area contributed by atoms with E-state index in [1.165, 1.54) is 0 Å². The monoisotopic (exact) mass is 354 g/mol. The molecule has 3 amide bonds. The fourth-order valence-corrected chi connectivity index (χ4v) is 4.49. The molecule has 6 nitrogen and oxygen atoms in total. The van der Waals surface area contributed by atoms with Crippen LogP contribution in [-0.4, -0.2) is 40.8 Å². The summed E-state index contributed by atoms with van der Waals surface area (Å²) in [4.78, 5) is 38.5. The standard InChI is InChI=1S/C20H22N2O4/c1-20(26,14-5-3-2-4-6-14)11-21-15(23)10-22-18(24)16-12-7-8-13(9-12)17(16)19(22)25/h2-8,12-13,16-17,26H,9-11H2,1H3,(H,21,23)/t12-,13-,16-,17+,20-/m0/s1. The third kappa shape index (κ3) is 2.65. The second-order valence-corrected chi connectivity index (χ2v) is 7.68. The second kappa shape index (κ2) is 6.06. The summed E-state index contributed by atoms with van der Waals surface area (Å²) in [5.41, 5.74) is -0.541. The maximum atomic E-state index is 12.6. The van der Waals surface area contributed by atoms with E-state index in [4.69, 9.17) is 0 Å². The zero-order valence-corrected chi connectivity index (χ0v) is 14.6. The zero-order chi connectivity index (χ0) is 18.5. The minimum Gasteiger partial charge on any atom is -0.384 e. The highest BCUT2D eigenvalue weighted by Crippen LogP contribution is 2.52. The normalized spacial score (nSPS) is 31.2. The summed E-state index contributed by atoms with van der Waals surface area (Å²) in [5, 5.41) is 13.2. The molecule has 1 saturated heterocycles. The molecule has 6 heteroatoms. The lowest BCUT2D eigenvalue weighted by molar-refractivity contribution is -0.144. The van der Waals surface area contributed by atoms with Gasteiger partial charge in [0.25, 0.3) is 0 Å². The first-order chi connectivity index (χ1) is 12.4. The van der Waals surface area contributed by atoms with E-state index in [9.17, 15) is 19.5 Å². The van der Waals surface area contributed by atoms with Gasteiger partial charge in [-0.2, -0.15) is 0 Å². The summed E-state index contributed by atoms with van der Waals surface area (Å²) in [6, 6.07) is 9.04. The Hall–Kier alpha value is -2.47. The first-order valence-electron chi connectivity index (χ1n) is 8.96. The van der Waals surface area contributed by atoms with Crippen molar-refractivity contribution in [2.24, 2.45) is 23.7 Å². The minimum atomic E-state index is -1.23. The number of nitrogens with zero attached hydrogens (tertiary/aromatic N) is 1. The summed E-state index contributed by atoms with van der Waals surface area (Å²) in [7, 11) is 0. The molecule has 1 aromatic carbocycles. The molecular weight excluding hydrogens is 332 g/mol. The van der Waals surface area contributed by atoms with Gasteiger partial charge in [0.1, 0.15) is 12.1 Å². The van der Waals surface area contributed by atoms with Crippen LogP contribution < -0.4 is 5.32 Å². The van der Waals surface area contributed by atoms with Crippen LogP contribution in [-0.2, 0) is 20.0 Å². The van der Waals surface area contributed by atoms with Gasteiger partial charge in [-0.1, -0.05) is 42.5 Å². The lowest BCUT2D eigenvalue weighted by Gasteiger charge is -2.25. The van der Waals surface area contributed by atoms with Gasteiger partial charge in [-0.3, -0.25) is 19.3 Å². The summed E-state index contributed by atoms with van der Waals surface area (Å²) < 4.78 is 0. The summed E-state index contributed by atoms with van der Waals surface area (Å²) in [6.45, 7) is 1.34. The number of likely N-dealkylation sites (tertiary alicyclic amines) is 1. The average molecular weight is 354 g/mol. The van der Waals surface area contributed by atoms with E-state index in [1.54, 1.807) is 19.1 Å². The Morgan fingerprint density at radius 2 is 1.73 bits per heavy atom. The number of benzene rings is 1. The van der Waals surface area contributed by atoms with Crippen LogP contribution in [0, 0.1) is 23.7 Å². The van der Waals surface area contributed by atoms with E-state index < -0.39 is 11.5 Å². The average Bonchev–Trinajstić information content (AvgIpc) is 3.31. The van der Waals surface area contributed by atoms with Crippen molar-refractivity contribution in [2.75, 3.05) is 13.1 Å². The highest BCUT2D eigenvalue weighted by Gasteiger charge is 2.59. The smallest absolute Gasteiger partial charge is 0.240 e. The van der Waals surface area contributed by atoms with Crippen LogP contribution in [0.4, 0.5) is 0 Å². The Kier molecular flexibility index (Phi) is 3.95. The molecule has 0 spiro atoms. The number of rotatable bonds is 5. The Morgan fingerprint density at radius 1 is 1.15 bits per heavy atom. The zero-order valence-electron chi connectivity index (χ0n) is 14.6. The molecule has 2 fully saturated rings. The number of imide groups is 1. The van der Waals surface area contributed by atoms with Gasteiger partial charge in [-0.15, -0.1) is 0 Å². The molecule has 1 saturated carbocycles. The first kappa shape index (κ1) is 17.0. The number of carbonyl (C=O) groups excluding carboxylic acids is 3. The predicted molar refractivity (Wildman–Crippen MR) is 93.5 cm³/mol. The molecule has 0 unspecified atom stereocenters. The van der Waals surface area contributed by atoms with Crippen LogP contribution in [0.25, 0.3) is 0 Å². The van der Waals surface area contributed by atoms with E-state index in [-0.39, 0.29) is 48.6 Å². The maximum Gasteiger partial charge on any atom is 0.240 e. The van der Waals surface area contributed by atoms with Gasteiger partial charge >= 0.3 is 0 Å². The molecular formula is C20H22N2O4. The van der Waals surface area contributed by atoms with Crippen molar-refractivity contribution in [3.8, 4) is 0 Å². The fourth-order valence-electron chi connectivity index (χ4n) is 4.49. The molecule has 5 atom stereocenters. The van der Waals surface area contributed by atoms with Crippen molar-refractivity contribution in [1.82, 2.24) is 10.2 Å². The highest BCUT2D eigenvalue weighted by molar-refractivity contribution is 6.08. The lowest BCUT2D eigenvalue weighted by atomic mass is 9.85. The number of hydrogen-bond donors (Lipinski definition) is 2. The van der Waals surface area contributed by atoms with Crippen LogP contribution in [0.15, 0.2) is 42.5 Å². The summed E-state index contributed by atoms with van der Waals surface area (Å²) in [6.07, 6.45) is 4.92. The topological polar surface area (TPSA) is 86.7 Å². The van der Waals surface area contributed by atoms with Crippen LogP contribution in [0.5, 0.6) is 0 Å². The fraction of sp³-hybridized carbons (Fsp3) is 0.450. The molecule has 2 aliphatic carbocycles. The minimum absolute atomic E-state index is 0.00568. The van der Waals surface area contributed by atoms with E-state index in [2.05, 4.69) is 5.32 Å². The largest absolute Gasteiger partial charge is 0.384 e. The van der Waals surface area contributed by atoms with Gasteiger partial charge in [0.2, 0.25) is 17.7 Å². The number of amides is 3. The third-order valence-electron chi connectivity index (χ3n) is 5.89. The summed E-state index contributed by atoms with van der Waals surface area (Å²) in [5.74, 6) is -1.23. The number of nitrogens with one attached hydrogen (secondary N) is 1. The molecule has 0 radical (unpaired) electrons. The first-order valence-corrected chi connectivity index (χ1v) is 8.96. The van der Waals surface area contributed by atoms with Gasteiger partial charge in [0, 0.05) is 0 Å². The van der Waals surface area contributed by atoms with Gasteiger partial charge in [0.05, 0.1) is 18.4 Å². The molecule has 136 valence electrons. The van der Waals surface area contributed by atoms with Crippen LogP contribution in [0.3, 0.4) is 0 Å². The van der Waals surface area contributed by atoms with E-state index in [0.29, 0.717) is 5.56 Å². The van der Waals surface area contributed by atoms with Crippen LogP contribution >= 0.6 is 0 Å². The number of fused-ring (bicyclic) bond motifs is 5. The number of allylic oxidation sites excluding steroid dienone is 2. The van der Waals surface area contributed by atoms with E-state index >= 15 is 0 Å². The third-order valence-corrected chi connectivity index (χ3v) is 5.89. The van der Waals surface area contributed by atoms with E-state index in [0.717, 1.165) is 11.3 Å². The van der Waals surface area contributed by atoms with Crippen LogP contribution in [0.1, 0.15) is 18.9 Å². The van der Waals surface area contributed by atoms with Gasteiger partial charge in [0.15, 0.2) is 0 Å². The second-order valence-electron chi connectivity index (χ2n) is 7.68. The Morgan fingerprint density at radius 3 is 2.31 bits per heavy atom. The van der Waals surface area contributed by atoms with Crippen molar-refractivity contribution in [3.63, 3.8) is 0 Å². The van der Waals surface area contributed by atoms with Gasteiger partial charge in [-0.05, 0) is 30.7 Å². The van der Waals surface area contributed by atoms with Crippen LogP contribution in [0.2, 0.25) is 0 Å². The van der Waals surface area contributed by atoms with E-state index in [1.807, 2.05) is 30.4 Å². The Bertz CT molecular complexity index is 756. The van der Waals surface area contributed by atoms with Crippen molar-refractivity contribution >= 4 is 17.7 Å². The molecule has 3 aliphatic rings. The number of aliphatic hydroxyl groups is 1. The molecule has 26 heavy (non-hydrogen) atoms. The molecule has 2 N–H and O–H groups in total. The molecule has 4 rings (SSSR count). The molecule has 1 heterocycles. The Balaban J connectivity index is 1.37. The van der Waals surface area contributed by atoms with Crippen molar-refractivity contribution in [3.05, 3.63) is 48.0 Å². The summed E-state index contributed by atoms with van der Waals surface area (Å²) >= 11 is 0. The number of hydrogen-bond acceptors (Lipinski definition) is 4. The SMILES string of the molecule is C[C@](O)(CNC(=O)CN1C(=O)[C@@H]2[C@H](C1=O)[C@H]1C=C[C@H]2C1)c1ccccc1. The maximum absolute atomic E-state index is 12.6. The molecule has 0 aromatic heterocycles. The van der Waals surface area contributed by atoms with Crippen molar-refractivity contribution in [2.45, 2.75) is 18.9 Å². The lowest BCUT2D eigenvalue weighted by Crippen LogP contribution is -2.45. The van der Waals surface area contributed by atoms with Gasteiger partial charge in [-0.25, -0.2) is 0 Å². The Labute approximate surface area is 151 Å². The quantitative estimate of drug-likeness (QED) is 0.605. The van der Waals surface area contributed by atoms with Crippen molar-refractivity contribution < 1.29 is 19.5 Å². The molecule has 2 bridgehead atoms.